The van der Waals surface area contributed by atoms with Crippen LogP contribution >= 0.6 is 11.3 Å². The number of carbonyl (C=O) groups excluding carboxylic acids is 2. The van der Waals surface area contributed by atoms with Gasteiger partial charge in [0, 0.05) is 35.8 Å². The molecular weight excluding hydrogens is 599 g/mol. The SMILES string of the molecule is CC(C)Cc1nc(CCc2ccc(F)cc2)c(-c2ccn(C)n2)c(-c2ccc(C(=O)NCc3ccc(F)c(F)c3)s2)c1C(N)=O. The van der Waals surface area contributed by atoms with Gasteiger partial charge in [0.1, 0.15) is 5.82 Å². The molecule has 3 heterocycles. The number of halogens is 3. The van der Waals surface area contributed by atoms with E-state index >= 15 is 0 Å². The van der Waals surface area contributed by atoms with Crippen LogP contribution in [0.3, 0.4) is 0 Å². The Labute approximate surface area is 262 Å². The molecule has 0 saturated heterocycles. The highest BCUT2D eigenvalue weighted by Gasteiger charge is 2.28. The van der Waals surface area contributed by atoms with Gasteiger partial charge in [0.15, 0.2) is 11.6 Å². The number of nitrogens with two attached hydrogens (primary N) is 1. The zero-order valence-corrected chi connectivity index (χ0v) is 25.9. The van der Waals surface area contributed by atoms with Crippen molar-refractivity contribution in [1.82, 2.24) is 20.1 Å². The first-order chi connectivity index (χ1) is 21.5. The second-order valence-corrected chi connectivity index (χ2v) is 12.3. The third-order valence-electron chi connectivity index (χ3n) is 7.24. The van der Waals surface area contributed by atoms with Crippen LogP contribution in [0.15, 0.2) is 66.9 Å². The Hall–Kier alpha value is -4.77. The number of primary amides is 1. The first kappa shape index (κ1) is 31.6. The van der Waals surface area contributed by atoms with Crippen LogP contribution in [-0.4, -0.2) is 26.6 Å². The standard InChI is InChI=1S/C34H32F3N5O2S/c1-19(2)16-27-31(33(38)43)32(28-12-13-29(45-28)34(44)39-18-21-6-10-23(36)24(37)17-21)30(26-14-15-42(3)41-26)25(40-27)11-7-20-4-8-22(35)9-5-20/h4-6,8-10,12-15,17,19H,7,11,16,18H2,1-3H3,(H2,38,43)(H,39,44). The van der Waals surface area contributed by atoms with Crippen LogP contribution in [0.1, 0.15) is 56.4 Å². The highest BCUT2D eigenvalue weighted by molar-refractivity contribution is 7.17. The van der Waals surface area contributed by atoms with Crippen molar-refractivity contribution in [2.75, 3.05) is 0 Å². The van der Waals surface area contributed by atoms with Gasteiger partial charge in [-0.2, -0.15) is 5.10 Å². The van der Waals surface area contributed by atoms with E-state index in [4.69, 9.17) is 10.7 Å². The Morgan fingerprint density at radius 1 is 0.911 bits per heavy atom. The van der Waals surface area contributed by atoms with Crippen molar-refractivity contribution in [2.24, 2.45) is 18.7 Å². The lowest BCUT2D eigenvalue weighted by Gasteiger charge is -2.20. The first-order valence-electron chi connectivity index (χ1n) is 14.4. The molecule has 2 amide bonds. The van der Waals surface area contributed by atoms with Crippen molar-refractivity contribution in [3.05, 3.63) is 117 Å². The van der Waals surface area contributed by atoms with Crippen molar-refractivity contribution >= 4 is 23.2 Å². The Morgan fingerprint density at radius 3 is 2.29 bits per heavy atom. The smallest absolute Gasteiger partial charge is 0.261 e. The molecule has 5 aromatic rings. The summed E-state index contributed by atoms with van der Waals surface area (Å²) in [7, 11) is 1.79. The molecule has 0 aliphatic rings. The first-order valence-corrected chi connectivity index (χ1v) is 15.2. The van der Waals surface area contributed by atoms with Gasteiger partial charge in [0.25, 0.3) is 11.8 Å². The van der Waals surface area contributed by atoms with Gasteiger partial charge in [-0.3, -0.25) is 19.3 Å². The zero-order valence-electron chi connectivity index (χ0n) is 25.0. The van der Waals surface area contributed by atoms with Crippen LogP contribution in [0, 0.1) is 23.4 Å². The summed E-state index contributed by atoms with van der Waals surface area (Å²) in [5, 5.41) is 7.39. The van der Waals surface area contributed by atoms with Crippen LogP contribution in [0.25, 0.3) is 21.7 Å². The van der Waals surface area contributed by atoms with Gasteiger partial charge in [-0.15, -0.1) is 11.3 Å². The van der Waals surface area contributed by atoms with Crippen molar-refractivity contribution in [1.29, 1.82) is 0 Å². The Morgan fingerprint density at radius 2 is 1.64 bits per heavy atom. The number of aromatic nitrogens is 3. The fourth-order valence-electron chi connectivity index (χ4n) is 5.17. The fourth-order valence-corrected chi connectivity index (χ4v) is 6.15. The molecule has 0 unspecified atom stereocenters. The number of aryl methyl sites for hydroxylation is 3. The average molecular weight is 632 g/mol. The molecule has 45 heavy (non-hydrogen) atoms. The minimum atomic E-state index is -0.994. The lowest BCUT2D eigenvalue weighted by molar-refractivity contribution is 0.0953. The van der Waals surface area contributed by atoms with Gasteiger partial charge < -0.3 is 11.1 Å². The molecule has 0 bridgehead atoms. The molecule has 232 valence electrons. The molecule has 0 aliphatic carbocycles. The van der Waals surface area contributed by atoms with Crippen LogP contribution in [0.4, 0.5) is 13.2 Å². The van der Waals surface area contributed by atoms with E-state index in [1.54, 1.807) is 42.2 Å². The van der Waals surface area contributed by atoms with E-state index in [2.05, 4.69) is 10.4 Å². The third kappa shape index (κ3) is 7.31. The molecule has 0 atom stereocenters. The molecule has 11 heteroatoms. The van der Waals surface area contributed by atoms with Crippen LogP contribution in [0.5, 0.6) is 0 Å². The van der Waals surface area contributed by atoms with Crippen molar-refractivity contribution in [3.8, 4) is 21.7 Å². The van der Waals surface area contributed by atoms with Gasteiger partial charge in [-0.25, -0.2) is 13.2 Å². The van der Waals surface area contributed by atoms with Crippen LogP contribution in [0.2, 0.25) is 0 Å². The molecule has 0 saturated carbocycles. The Balaban J connectivity index is 1.60. The van der Waals surface area contributed by atoms with E-state index in [-0.39, 0.29) is 23.8 Å². The maximum absolute atomic E-state index is 13.7. The van der Waals surface area contributed by atoms with Gasteiger partial charge in [0.05, 0.1) is 27.5 Å². The van der Waals surface area contributed by atoms with E-state index in [0.29, 0.717) is 62.8 Å². The number of amides is 2. The third-order valence-corrected chi connectivity index (χ3v) is 8.34. The van der Waals surface area contributed by atoms with Gasteiger partial charge in [-0.1, -0.05) is 32.0 Å². The monoisotopic (exact) mass is 631 g/mol. The summed E-state index contributed by atoms with van der Waals surface area (Å²) in [5.74, 6) is -3.17. The minimum absolute atomic E-state index is 0.00366. The topological polar surface area (TPSA) is 103 Å². The molecule has 3 aromatic heterocycles. The van der Waals surface area contributed by atoms with Crippen LogP contribution in [-0.2, 0) is 32.9 Å². The summed E-state index contributed by atoms with van der Waals surface area (Å²) in [5.41, 5.74) is 10.7. The molecule has 5 rings (SSSR count). The van der Waals surface area contributed by atoms with Crippen molar-refractivity contribution < 1.29 is 22.8 Å². The molecule has 0 aliphatic heterocycles. The van der Waals surface area contributed by atoms with Gasteiger partial charge in [-0.05, 0) is 78.8 Å². The summed E-state index contributed by atoms with van der Waals surface area (Å²) in [6.07, 6.45) is 3.32. The average Bonchev–Trinajstić information content (AvgIpc) is 3.66. The molecular formula is C34H32F3N5O2S. The predicted octanol–water partition coefficient (Wildman–Crippen LogP) is 6.64. The molecule has 7 nitrogen and oxygen atoms in total. The number of thiophene rings is 1. The normalized spacial score (nSPS) is 11.3. The summed E-state index contributed by atoms with van der Waals surface area (Å²) in [6.45, 7) is 4.05. The molecule has 0 spiro atoms. The summed E-state index contributed by atoms with van der Waals surface area (Å²) in [4.78, 5) is 32.3. The van der Waals surface area contributed by atoms with Gasteiger partial charge in [0.2, 0.25) is 0 Å². The van der Waals surface area contributed by atoms with E-state index in [9.17, 15) is 22.8 Å². The predicted molar refractivity (Wildman–Crippen MR) is 168 cm³/mol. The molecule has 2 aromatic carbocycles. The van der Waals surface area contributed by atoms with Crippen LogP contribution < -0.4 is 11.1 Å². The number of pyridine rings is 1. The Kier molecular flexibility index (Phi) is 9.48. The van der Waals surface area contributed by atoms with E-state index in [0.717, 1.165) is 17.7 Å². The lowest BCUT2D eigenvalue weighted by atomic mass is 9.90. The number of hydrogen-bond donors (Lipinski definition) is 2. The summed E-state index contributed by atoms with van der Waals surface area (Å²) < 4.78 is 42.2. The number of carbonyl (C=O) groups is 2. The maximum atomic E-state index is 13.7. The second kappa shape index (κ2) is 13.5. The fraction of sp³-hybridized carbons (Fsp3) is 0.235. The Bertz CT molecular complexity index is 1860. The summed E-state index contributed by atoms with van der Waals surface area (Å²) in [6, 6.07) is 15.0. The number of benzene rings is 2. The largest absolute Gasteiger partial charge is 0.366 e. The van der Waals surface area contributed by atoms with E-state index < -0.39 is 23.4 Å². The number of nitrogens with zero attached hydrogens (tertiary/aromatic N) is 3. The van der Waals surface area contributed by atoms with Crippen molar-refractivity contribution in [3.63, 3.8) is 0 Å². The zero-order chi connectivity index (χ0) is 32.2. The van der Waals surface area contributed by atoms with Crippen molar-refractivity contribution in [2.45, 2.75) is 39.7 Å². The number of hydrogen-bond acceptors (Lipinski definition) is 5. The lowest BCUT2D eigenvalue weighted by Crippen LogP contribution is -2.21. The van der Waals surface area contributed by atoms with Gasteiger partial charge >= 0.3 is 0 Å². The van der Waals surface area contributed by atoms with E-state index in [1.165, 1.54) is 29.5 Å². The van der Waals surface area contributed by atoms with E-state index in [1.807, 2.05) is 19.9 Å². The summed E-state index contributed by atoms with van der Waals surface area (Å²) >= 11 is 1.18. The second-order valence-electron chi connectivity index (χ2n) is 11.2. The number of nitrogens with one attached hydrogen (secondary N) is 1. The number of rotatable bonds is 11. The minimum Gasteiger partial charge on any atom is -0.366 e. The quantitative estimate of drug-likeness (QED) is 0.171. The maximum Gasteiger partial charge on any atom is 0.261 e. The molecule has 0 fully saturated rings. The molecule has 3 N–H and O–H groups in total. The molecule has 0 radical (unpaired) electrons. The highest BCUT2D eigenvalue weighted by Crippen LogP contribution is 2.41. The highest BCUT2D eigenvalue weighted by atomic mass is 32.1.